The number of rotatable bonds is 5. The first-order valence-corrected chi connectivity index (χ1v) is 13.7. The highest BCUT2D eigenvalue weighted by molar-refractivity contribution is 9.10. The number of nitriles is 1. The summed E-state index contributed by atoms with van der Waals surface area (Å²) in [5.41, 5.74) is 4.39. The number of hydrogen-bond acceptors (Lipinski definition) is 5. The zero-order chi connectivity index (χ0) is 26.2. The molecule has 0 bridgehead atoms. The van der Waals surface area contributed by atoms with E-state index in [9.17, 15) is 4.79 Å². The second-order valence-electron chi connectivity index (χ2n) is 9.98. The Morgan fingerprint density at radius 3 is 2.55 bits per heavy atom. The fraction of sp³-hybridized carbons (Fsp3) is 0.300. The molecule has 6 rings (SSSR count). The number of nitrogens with zero attached hydrogens (tertiary/aromatic N) is 3. The highest BCUT2D eigenvalue weighted by Gasteiger charge is 2.28. The van der Waals surface area contributed by atoms with E-state index in [0.29, 0.717) is 34.2 Å². The van der Waals surface area contributed by atoms with Gasteiger partial charge in [-0.05, 0) is 96.2 Å². The van der Waals surface area contributed by atoms with Crippen LogP contribution >= 0.6 is 15.9 Å². The summed E-state index contributed by atoms with van der Waals surface area (Å²) in [5.74, 6) is 2.59. The van der Waals surface area contributed by atoms with Gasteiger partial charge in [0.2, 0.25) is 6.79 Å². The van der Waals surface area contributed by atoms with Crippen LogP contribution in [0.5, 0.6) is 11.5 Å². The van der Waals surface area contributed by atoms with Crippen LogP contribution in [0.25, 0.3) is 22.4 Å². The summed E-state index contributed by atoms with van der Waals surface area (Å²) in [5, 5.41) is 11.9. The maximum Gasteiger partial charge on any atom is 0.255 e. The van der Waals surface area contributed by atoms with E-state index in [0.717, 1.165) is 26.9 Å². The molecule has 1 aliphatic carbocycles. The van der Waals surface area contributed by atoms with E-state index in [2.05, 4.69) is 38.8 Å². The molecule has 8 heteroatoms. The number of fused-ring (bicyclic) bond motifs is 2. The lowest BCUT2D eigenvalue weighted by Gasteiger charge is -2.30. The Morgan fingerprint density at radius 2 is 1.82 bits per heavy atom. The van der Waals surface area contributed by atoms with Crippen molar-refractivity contribution in [2.45, 2.75) is 45.1 Å². The molecule has 192 valence electrons. The number of hydrogen-bond donors (Lipinski definition) is 1. The normalized spacial score (nSPS) is 15.8. The van der Waals surface area contributed by atoms with Crippen molar-refractivity contribution in [1.29, 1.82) is 5.26 Å². The topological polar surface area (TPSA) is 89.2 Å². The molecule has 7 nitrogen and oxygen atoms in total. The minimum atomic E-state index is -0.225. The summed E-state index contributed by atoms with van der Waals surface area (Å²) in [6.45, 7) is 2.49. The number of anilines is 1. The second-order valence-corrected chi connectivity index (χ2v) is 10.8. The van der Waals surface area contributed by atoms with Crippen molar-refractivity contribution in [3.63, 3.8) is 0 Å². The zero-order valence-electron chi connectivity index (χ0n) is 21.0. The second kappa shape index (κ2) is 10.1. The van der Waals surface area contributed by atoms with Crippen molar-refractivity contribution >= 4 is 38.6 Å². The molecule has 1 atom stereocenters. The Bertz CT molecular complexity index is 1570. The number of benzene rings is 3. The molecule has 1 N–H and O–H groups in total. The summed E-state index contributed by atoms with van der Waals surface area (Å²) in [4.78, 5) is 18.2. The molecule has 1 aliphatic heterocycles. The van der Waals surface area contributed by atoms with E-state index < -0.39 is 0 Å². The molecule has 1 unspecified atom stereocenters. The maximum atomic E-state index is 13.1. The zero-order valence-corrected chi connectivity index (χ0v) is 22.6. The molecule has 2 aliphatic rings. The van der Waals surface area contributed by atoms with Crippen LogP contribution in [0, 0.1) is 17.2 Å². The van der Waals surface area contributed by atoms with Crippen LogP contribution < -0.4 is 14.8 Å². The molecule has 1 saturated carbocycles. The van der Waals surface area contributed by atoms with Gasteiger partial charge in [-0.25, -0.2) is 4.98 Å². The van der Waals surface area contributed by atoms with Gasteiger partial charge in [0.25, 0.3) is 5.91 Å². The predicted molar refractivity (Wildman–Crippen MR) is 149 cm³/mol. The van der Waals surface area contributed by atoms with Gasteiger partial charge in [-0.1, -0.05) is 19.3 Å². The van der Waals surface area contributed by atoms with Crippen LogP contribution in [-0.4, -0.2) is 22.3 Å². The number of carbonyl (C=O) groups is 1. The number of halogens is 1. The fourth-order valence-corrected chi connectivity index (χ4v) is 6.09. The maximum absolute atomic E-state index is 13.1. The average molecular weight is 571 g/mol. The Hall–Kier alpha value is -3.83. The Kier molecular flexibility index (Phi) is 6.54. The number of ether oxygens (including phenoxy) is 2. The van der Waals surface area contributed by atoms with Crippen LogP contribution in [0.15, 0.2) is 59.1 Å². The third-order valence-electron chi connectivity index (χ3n) is 7.67. The molecular formula is C30H27BrN4O3. The number of amides is 1. The lowest BCUT2D eigenvalue weighted by atomic mass is 9.84. The third kappa shape index (κ3) is 4.52. The molecule has 2 heterocycles. The van der Waals surface area contributed by atoms with Crippen LogP contribution in [-0.2, 0) is 0 Å². The Balaban J connectivity index is 1.41. The van der Waals surface area contributed by atoms with E-state index in [4.69, 9.17) is 19.7 Å². The molecule has 4 aromatic rings. The molecule has 3 aromatic carbocycles. The summed E-state index contributed by atoms with van der Waals surface area (Å²) in [6, 6.07) is 18.8. The van der Waals surface area contributed by atoms with Gasteiger partial charge >= 0.3 is 0 Å². The molecule has 0 radical (unpaired) electrons. The Morgan fingerprint density at radius 1 is 1.08 bits per heavy atom. The fourth-order valence-electron chi connectivity index (χ4n) is 5.59. The summed E-state index contributed by atoms with van der Waals surface area (Å²) in [6.07, 6.45) is 6.21. The van der Waals surface area contributed by atoms with Gasteiger partial charge < -0.3 is 19.4 Å². The molecule has 1 aromatic heterocycles. The number of carbonyl (C=O) groups excluding carboxylic acids is 1. The van der Waals surface area contributed by atoms with Crippen LogP contribution in [0.3, 0.4) is 0 Å². The number of imidazole rings is 1. The van der Waals surface area contributed by atoms with Gasteiger partial charge in [0, 0.05) is 27.3 Å². The van der Waals surface area contributed by atoms with Gasteiger partial charge in [0.05, 0.1) is 22.7 Å². The van der Waals surface area contributed by atoms with Crippen molar-refractivity contribution in [3.05, 3.63) is 70.2 Å². The van der Waals surface area contributed by atoms with E-state index in [1.54, 1.807) is 24.3 Å². The molecule has 0 spiro atoms. The molecule has 0 saturated heterocycles. The number of nitrogens with one attached hydrogen (secondary N) is 1. The average Bonchev–Trinajstić information content (AvgIpc) is 3.56. The summed E-state index contributed by atoms with van der Waals surface area (Å²) >= 11 is 3.74. The predicted octanol–water partition coefficient (Wildman–Crippen LogP) is 7.46. The number of aromatic nitrogens is 2. The quantitative estimate of drug-likeness (QED) is 0.269. The summed E-state index contributed by atoms with van der Waals surface area (Å²) < 4.78 is 14.5. The van der Waals surface area contributed by atoms with Crippen molar-refractivity contribution in [2.24, 2.45) is 5.92 Å². The van der Waals surface area contributed by atoms with Gasteiger partial charge in [0.1, 0.15) is 5.82 Å². The minimum absolute atomic E-state index is 0.206. The van der Waals surface area contributed by atoms with Crippen molar-refractivity contribution in [1.82, 2.24) is 9.55 Å². The minimum Gasteiger partial charge on any atom is -0.454 e. The van der Waals surface area contributed by atoms with Crippen molar-refractivity contribution in [3.8, 4) is 29.0 Å². The highest BCUT2D eigenvalue weighted by Crippen LogP contribution is 2.44. The smallest absolute Gasteiger partial charge is 0.255 e. The van der Waals surface area contributed by atoms with Gasteiger partial charge in [-0.2, -0.15) is 5.26 Å². The van der Waals surface area contributed by atoms with Gasteiger partial charge in [0.15, 0.2) is 11.5 Å². The monoisotopic (exact) mass is 570 g/mol. The third-order valence-corrected chi connectivity index (χ3v) is 8.32. The van der Waals surface area contributed by atoms with Gasteiger partial charge in [-0.15, -0.1) is 0 Å². The van der Waals surface area contributed by atoms with E-state index in [1.807, 2.05) is 30.3 Å². The first-order valence-electron chi connectivity index (χ1n) is 12.9. The highest BCUT2D eigenvalue weighted by atomic mass is 79.9. The summed E-state index contributed by atoms with van der Waals surface area (Å²) in [7, 11) is 0. The van der Waals surface area contributed by atoms with Crippen LogP contribution in [0.1, 0.15) is 61.0 Å². The van der Waals surface area contributed by atoms with Gasteiger partial charge in [-0.3, -0.25) is 4.79 Å². The van der Waals surface area contributed by atoms with Crippen molar-refractivity contribution < 1.29 is 14.3 Å². The first kappa shape index (κ1) is 24.5. The first-order chi connectivity index (χ1) is 18.5. The molecular weight excluding hydrogens is 544 g/mol. The lowest BCUT2D eigenvalue weighted by molar-refractivity contribution is 0.102. The molecule has 38 heavy (non-hydrogen) atoms. The Labute approximate surface area is 229 Å². The lowest BCUT2D eigenvalue weighted by Crippen LogP contribution is -2.20. The molecule has 1 fully saturated rings. The SMILES string of the molecule is CC(C1CCCCC1)n1c(-c2cc3c(cc2Br)OCO3)nc2cc(C(=O)Nc3ccc(C#N)cc3)ccc21. The standard InChI is InChI=1S/C30H27BrN4O3/c1-18(20-5-3-2-4-6-20)35-26-12-9-21(30(36)33-22-10-7-19(16-32)8-11-22)13-25(26)34-29(35)23-14-27-28(15-24(23)31)38-17-37-27/h7-15,18,20H,2-6,17H2,1H3,(H,33,36). The molecule has 1 amide bonds. The van der Waals surface area contributed by atoms with E-state index >= 15 is 0 Å². The van der Waals surface area contributed by atoms with Crippen molar-refractivity contribution in [2.75, 3.05) is 12.1 Å². The largest absolute Gasteiger partial charge is 0.454 e. The van der Waals surface area contributed by atoms with E-state index in [1.165, 1.54) is 32.1 Å². The van der Waals surface area contributed by atoms with Crippen LogP contribution in [0.2, 0.25) is 0 Å². The van der Waals surface area contributed by atoms with Crippen LogP contribution in [0.4, 0.5) is 5.69 Å². The van der Waals surface area contributed by atoms with E-state index in [-0.39, 0.29) is 18.7 Å².